The first-order valence-corrected chi connectivity index (χ1v) is 5.91. The normalized spacial score (nSPS) is 13.9. The summed E-state index contributed by atoms with van der Waals surface area (Å²) in [4.78, 5) is 12.2. The van der Waals surface area contributed by atoms with Crippen molar-refractivity contribution in [3.05, 3.63) is 69.6 Å². The van der Waals surface area contributed by atoms with Crippen LogP contribution in [0.3, 0.4) is 0 Å². The Bertz CT molecular complexity index is 740. The molecular weight excluding hydrogens is 269 g/mol. The van der Waals surface area contributed by atoms with Crippen LogP contribution >= 0.6 is 11.6 Å². The Morgan fingerprint density at radius 3 is 2.53 bits per heavy atom. The van der Waals surface area contributed by atoms with E-state index in [1.807, 2.05) is 0 Å². The molecule has 0 saturated heterocycles. The second-order valence-corrected chi connectivity index (χ2v) is 4.49. The number of Topliss-reactive ketones (excluding diaryl/α,β-unsaturated/α-hetero) is 1. The van der Waals surface area contributed by atoms with Crippen LogP contribution in [0, 0.1) is 11.0 Å². The Hall–Kier alpha value is -2.20. The van der Waals surface area contributed by atoms with E-state index < -0.39 is 11.6 Å². The minimum absolute atomic E-state index is 0.0138. The van der Waals surface area contributed by atoms with Crippen molar-refractivity contribution in [1.82, 2.24) is 0 Å². The van der Waals surface area contributed by atoms with Crippen LogP contribution in [-0.4, -0.2) is 16.2 Å². The van der Waals surface area contributed by atoms with Gasteiger partial charge in [-0.3, -0.25) is 4.79 Å². The van der Waals surface area contributed by atoms with Gasteiger partial charge in [0.25, 0.3) is 11.5 Å². The van der Waals surface area contributed by atoms with Gasteiger partial charge in [0.2, 0.25) is 5.69 Å². The lowest BCUT2D eigenvalue weighted by Gasteiger charge is -2.03. The maximum absolute atomic E-state index is 13.7. The zero-order valence-electron chi connectivity index (χ0n) is 9.56. The van der Waals surface area contributed by atoms with E-state index in [1.54, 1.807) is 24.3 Å². The van der Waals surface area contributed by atoms with Crippen molar-refractivity contribution in [2.75, 3.05) is 0 Å². The van der Waals surface area contributed by atoms with Crippen molar-refractivity contribution in [2.24, 2.45) is 0 Å². The first-order valence-electron chi connectivity index (χ1n) is 5.53. The highest BCUT2D eigenvalue weighted by Crippen LogP contribution is 2.31. The van der Waals surface area contributed by atoms with Gasteiger partial charge in [0, 0.05) is 6.07 Å². The van der Waals surface area contributed by atoms with Crippen molar-refractivity contribution in [1.29, 1.82) is 0 Å². The summed E-state index contributed by atoms with van der Waals surface area (Å²) in [5, 5.41) is 12.4. The van der Waals surface area contributed by atoms with Crippen LogP contribution in [0.25, 0.3) is 0 Å². The number of nitrogens with zero attached hydrogens (tertiary/aromatic N) is 1. The summed E-state index contributed by atoms with van der Waals surface area (Å²) in [6.45, 7) is 0. The van der Waals surface area contributed by atoms with E-state index in [2.05, 4.69) is 0 Å². The van der Waals surface area contributed by atoms with Gasteiger partial charge < -0.3 is 5.21 Å². The van der Waals surface area contributed by atoms with Gasteiger partial charge >= 0.3 is 0 Å². The van der Waals surface area contributed by atoms with Crippen molar-refractivity contribution in [3.63, 3.8) is 0 Å². The summed E-state index contributed by atoms with van der Waals surface area (Å²) in [5.41, 5.74) is -0.0298. The molecule has 0 amide bonds. The second kappa shape index (κ2) is 4.17. The number of benzene rings is 2. The smallest absolute Gasteiger partial charge is 0.274 e. The molecule has 3 rings (SSSR count). The first-order chi connectivity index (χ1) is 9.11. The predicted octanol–water partition coefficient (Wildman–Crippen LogP) is 3.31. The van der Waals surface area contributed by atoms with Crippen molar-refractivity contribution in [3.8, 4) is 0 Å². The van der Waals surface area contributed by atoms with Crippen LogP contribution in [0.1, 0.15) is 15.9 Å². The SMILES string of the molecule is O=C1C(c2ccccc2Cl)=[N+]([O-])c2cccc(F)c21. The molecule has 19 heavy (non-hydrogen) atoms. The number of ketones is 1. The van der Waals surface area contributed by atoms with Crippen LogP contribution in [0.2, 0.25) is 5.02 Å². The summed E-state index contributed by atoms with van der Waals surface area (Å²) < 4.78 is 14.1. The molecule has 5 heteroatoms. The third-order valence-corrected chi connectivity index (χ3v) is 3.31. The fourth-order valence-corrected chi connectivity index (χ4v) is 2.35. The van der Waals surface area contributed by atoms with Gasteiger partial charge in [-0.05, 0) is 18.2 Å². The van der Waals surface area contributed by atoms with E-state index in [4.69, 9.17) is 11.6 Å². The third kappa shape index (κ3) is 1.64. The molecule has 0 spiro atoms. The van der Waals surface area contributed by atoms with Gasteiger partial charge in [-0.25, -0.2) is 4.39 Å². The molecule has 0 N–H and O–H groups in total. The molecule has 0 radical (unpaired) electrons. The van der Waals surface area contributed by atoms with Crippen LogP contribution in [0.4, 0.5) is 10.1 Å². The van der Waals surface area contributed by atoms with Gasteiger partial charge in [-0.15, -0.1) is 0 Å². The van der Waals surface area contributed by atoms with Crippen molar-refractivity contribution >= 4 is 28.8 Å². The summed E-state index contributed by atoms with van der Waals surface area (Å²) >= 11 is 5.99. The van der Waals surface area contributed by atoms with E-state index in [0.29, 0.717) is 10.3 Å². The lowest BCUT2D eigenvalue weighted by Crippen LogP contribution is -2.17. The predicted molar refractivity (Wildman–Crippen MR) is 69.6 cm³/mol. The summed E-state index contributed by atoms with van der Waals surface area (Å²) in [5.74, 6) is -1.35. The molecular formula is C14H7ClFNO2. The Labute approximate surface area is 113 Å². The number of fused-ring (bicyclic) bond motifs is 1. The molecule has 0 bridgehead atoms. The molecule has 0 aliphatic carbocycles. The van der Waals surface area contributed by atoms with E-state index in [1.165, 1.54) is 12.1 Å². The lowest BCUT2D eigenvalue weighted by atomic mass is 10.0. The van der Waals surface area contributed by atoms with Crippen molar-refractivity contribution in [2.45, 2.75) is 0 Å². The molecule has 3 nitrogen and oxygen atoms in total. The van der Waals surface area contributed by atoms with Crippen LogP contribution in [0.15, 0.2) is 42.5 Å². The molecule has 94 valence electrons. The Kier molecular flexibility index (Phi) is 2.61. The average Bonchev–Trinajstić information content (AvgIpc) is 2.64. The zero-order valence-corrected chi connectivity index (χ0v) is 10.3. The number of rotatable bonds is 1. The van der Waals surface area contributed by atoms with Crippen molar-refractivity contribution < 1.29 is 13.9 Å². The summed E-state index contributed by atoms with van der Waals surface area (Å²) in [7, 11) is 0. The number of carbonyl (C=O) groups excluding carboxylic acids is 1. The maximum Gasteiger partial charge on any atom is 0.274 e. The quantitative estimate of drug-likeness (QED) is 0.592. The van der Waals surface area contributed by atoms with E-state index >= 15 is 0 Å². The van der Waals surface area contributed by atoms with Gasteiger partial charge in [-0.2, -0.15) is 4.74 Å². The van der Waals surface area contributed by atoms with Gasteiger partial charge in [0.15, 0.2) is 0 Å². The number of halogens is 2. The molecule has 1 aliphatic rings. The van der Waals surface area contributed by atoms with Gasteiger partial charge in [0.05, 0.1) is 10.6 Å². The Morgan fingerprint density at radius 2 is 1.84 bits per heavy atom. The molecule has 0 saturated carbocycles. The summed E-state index contributed by atoms with van der Waals surface area (Å²) in [6, 6.07) is 10.4. The monoisotopic (exact) mass is 275 g/mol. The van der Waals surface area contributed by atoms with E-state index in [0.717, 1.165) is 6.07 Å². The van der Waals surface area contributed by atoms with Gasteiger partial charge in [0.1, 0.15) is 11.4 Å². The second-order valence-electron chi connectivity index (χ2n) is 4.09. The molecule has 0 fully saturated rings. The minimum atomic E-state index is -0.703. The molecule has 1 heterocycles. The number of hydrogen-bond donors (Lipinski definition) is 0. The highest BCUT2D eigenvalue weighted by Gasteiger charge is 2.39. The van der Waals surface area contributed by atoms with Crippen LogP contribution in [0.5, 0.6) is 0 Å². The van der Waals surface area contributed by atoms with Crippen LogP contribution in [-0.2, 0) is 0 Å². The van der Waals surface area contributed by atoms with Crippen LogP contribution < -0.4 is 0 Å². The first kappa shape index (κ1) is 11.9. The minimum Gasteiger partial charge on any atom is -0.618 e. The summed E-state index contributed by atoms with van der Waals surface area (Å²) in [6.07, 6.45) is 0. The Balaban J connectivity index is 2.27. The highest BCUT2D eigenvalue weighted by atomic mass is 35.5. The fourth-order valence-electron chi connectivity index (χ4n) is 2.12. The molecule has 2 aromatic carbocycles. The maximum atomic E-state index is 13.7. The molecule has 0 atom stereocenters. The van der Waals surface area contributed by atoms with Gasteiger partial charge in [-0.1, -0.05) is 29.8 Å². The largest absolute Gasteiger partial charge is 0.618 e. The Morgan fingerprint density at radius 1 is 1.11 bits per heavy atom. The topological polar surface area (TPSA) is 43.1 Å². The number of hydrogen-bond acceptors (Lipinski definition) is 2. The van der Waals surface area contributed by atoms with E-state index in [9.17, 15) is 14.4 Å². The standard InChI is InChI=1S/C14H7ClFNO2/c15-9-5-2-1-4-8(9)13-14(18)12-10(16)6-3-7-11(12)17(13)19/h1-7H. The molecule has 0 aromatic heterocycles. The zero-order chi connectivity index (χ0) is 13.6. The molecule has 0 unspecified atom stereocenters. The highest BCUT2D eigenvalue weighted by molar-refractivity contribution is 6.54. The number of carbonyl (C=O) groups is 1. The van der Waals surface area contributed by atoms with E-state index in [-0.39, 0.29) is 22.0 Å². The molecule has 2 aromatic rings. The lowest BCUT2D eigenvalue weighted by molar-refractivity contribution is -0.355. The fraction of sp³-hybridized carbons (Fsp3) is 0. The molecule has 1 aliphatic heterocycles. The third-order valence-electron chi connectivity index (χ3n) is 2.98. The average molecular weight is 276 g/mol.